The van der Waals surface area contributed by atoms with Crippen LogP contribution in [0.25, 0.3) is 11.0 Å². The highest BCUT2D eigenvalue weighted by Gasteiger charge is 2.57. The number of amides is 2. The number of nitrogens with one attached hydrogen (secondary N) is 1. The highest BCUT2D eigenvalue weighted by Crippen LogP contribution is 2.48. The number of aromatic nitrogens is 3. The molecule has 0 saturated carbocycles. The summed E-state index contributed by atoms with van der Waals surface area (Å²) in [7, 11) is 3.37. The fourth-order valence-electron chi connectivity index (χ4n) is 5.41. The van der Waals surface area contributed by atoms with Crippen molar-refractivity contribution in [1.29, 1.82) is 0 Å². The summed E-state index contributed by atoms with van der Waals surface area (Å²) in [6, 6.07) is 8.41. The molecule has 1 aliphatic carbocycles. The third kappa shape index (κ3) is 3.69. The first-order valence-corrected chi connectivity index (χ1v) is 12.1. The maximum atomic E-state index is 12.2. The average Bonchev–Trinajstić information content (AvgIpc) is 3.45. The third-order valence-electron chi connectivity index (χ3n) is 7.39. The van der Waals surface area contributed by atoms with Crippen molar-refractivity contribution < 1.29 is 19.0 Å². The van der Waals surface area contributed by atoms with Crippen LogP contribution in [0.1, 0.15) is 49.6 Å². The maximum Gasteiger partial charge on any atom is 0.322 e. The molecular formula is C26H31N5O4. The van der Waals surface area contributed by atoms with Gasteiger partial charge < -0.3 is 23.7 Å². The average molecular weight is 478 g/mol. The van der Waals surface area contributed by atoms with Crippen molar-refractivity contribution in [3.8, 4) is 0 Å². The van der Waals surface area contributed by atoms with Gasteiger partial charge in [-0.25, -0.2) is 14.8 Å². The summed E-state index contributed by atoms with van der Waals surface area (Å²) in [4.78, 5) is 22.5. The van der Waals surface area contributed by atoms with Crippen molar-refractivity contribution in [2.24, 2.45) is 0 Å². The Bertz CT molecular complexity index is 1300. The van der Waals surface area contributed by atoms with Crippen molar-refractivity contribution in [3.63, 3.8) is 0 Å². The second-order valence-corrected chi connectivity index (χ2v) is 10.4. The Morgan fingerprint density at radius 3 is 2.63 bits per heavy atom. The van der Waals surface area contributed by atoms with Crippen LogP contribution in [0, 0.1) is 0 Å². The van der Waals surface area contributed by atoms with Crippen LogP contribution in [-0.2, 0) is 27.1 Å². The largest absolute Gasteiger partial charge is 0.348 e. The first-order valence-electron chi connectivity index (χ1n) is 12.1. The van der Waals surface area contributed by atoms with Crippen molar-refractivity contribution in [2.75, 3.05) is 19.4 Å². The number of anilines is 1. The normalized spacial score (nSPS) is 27.2. The van der Waals surface area contributed by atoms with E-state index in [2.05, 4.69) is 40.4 Å². The first-order chi connectivity index (χ1) is 16.7. The number of urea groups is 1. The van der Waals surface area contributed by atoms with Gasteiger partial charge >= 0.3 is 6.03 Å². The molecule has 1 aromatic carbocycles. The van der Waals surface area contributed by atoms with Gasteiger partial charge in [-0.05, 0) is 49.4 Å². The van der Waals surface area contributed by atoms with Crippen LogP contribution in [0.2, 0.25) is 0 Å². The summed E-state index contributed by atoms with van der Waals surface area (Å²) in [5, 5.41) is 3.57. The van der Waals surface area contributed by atoms with Crippen molar-refractivity contribution >= 4 is 22.9 Å². The third-order valence-corrected chi connectivity index (χ3v) is 7.39. The molecule has 5 atom stereocenters. The molecule has 4 heterocycles. The minimum Gasteiger partial charge on any atom is -0.348 e. The second-order valence-electron chi connectivity index (χ2n) is 10.4. The first kappa shape index (κ1) is 22.5. The van der Waals surface area contributed by atoms with Gasteiger partial charge in [-0.3, -0.25) is 5.32 Å². The van der Waals surface area contributed by atoms with Gasteiger partial charge in [0.25, 0.3) is 0 Å². The SMILES string of the molecule is C[C@H](c1ccc2c(c1)CC2)[C@H]1O[C@@H](n2ccc3c(NC(=O)N(C)C)ncnc32)[C@@H]2OC(C)(C)O[C@@H]21. The summed E-state index contributed by atoms with van der Waals surface area (Å²) < 4.78 is 21.4. The number of benzene rings is 1. The van der Waals surface area contributed by atoms with E-state index in [9.17, 15) is 4.79 Å². The number of rotatable bonds is 4. The molecule has 0 bridgehead atoms. The standard InChI is InChI=1S/C26H31N5O4/c1-14(16-8-6-15-7-9-17(15)12-16)19-20-21(35-26(2,3)34-20)24(33-19)31-11-10-18-22(27-13-28-23(18)31)29-25(32)30(4)5/h6,8,10-14,19-21,24H,7,9H2,1-5H3,(H,27,28,29,32)/t14-,19-,20-,21-,24-/m1/s1. The molecule has 2 aromatic heterocycles. The molecule has 2 fully saturated rings. The van der Waals surface area contributed by atoms with Gasteiger partial charge in [-0.15, -0.1) is 0 Å². The number of nitrogens with zero attached hydrogens (tertiary/aromatic N) is 4. The van der Waals surface area contributed by atoms with E-state index < -0.39 is 12.0 Å². The van der Waals surface area contributed by atoms with Gasteiger partial charge in [0.1, 0.15) is 30.0 Å². The topological polar surface area (TPSA) is 90.7 Å². The molecule has 2 saturated heterocycles. The molecule has 9 nitrogen and oxygen atoms in total. The number of aryl methyl sites for hydroxylation is 2. The molecule has 2 aliphatic heterocycles. The number of carbonyl (C=O) groups is 1. The van der Waals surface area contributed by atoms with Crippen LogP contribution in [0.15, 0.2) is 36.8 Å². The number of hydrogen-bond donors (Lipinski definition) is 1. The lowest BCUT2D eigenvalue weighted by Crippen LogP contribution is -2.33. The molecule has 9 heteroatoms. The summed E-state index contributed by atoms with van der Waals surface area (Å²) in [5.74, 6) is -0.126. The summed E-state index contributed by atoms with van der Waals surface area (Å²) in [6.07, 6.45) is 4.56. The number of ether oxygens (including phenoxy) is 3. The molecule has 6 rings (SSSR count). The van der Waals surface area contributed by atoms with E-state index in [1.807, 2.05) is 30.7 Å². The van der Waals surface area contributed by atoms with Gasteiger partial charge in [-0.2, -0.15) is 0 Å². The van der Waals surface area contributed by atoms with Crippen LogP contribution in [0.5, 0.6) is 0 Å². The molecule has 0 radical (unpaired) electrons. The van der Waals surface area contributed by atoms with E-state index in [4.69, 9.17) is 14.2 Å². The molecule has 3 aromatic rings. The van der Waals surface area contributed by atoms with Gasteiger partial charge in [0, 0.05) is 26.2 Å². The molecule has 1 N–H and O–H groups in total. The zero-order valence-corrected chi connectivity index (χ0v) is 20.7. The Kier molecular flexibility index (Phi) is 5.14. The summed E-state index contributed by atoms with van der Waals surface area (Å²) >= 11 is 0. The Morgan fingerprint density at radius 1 is 1.14 bits per heavy atom. The van der Waals surface area contributed by atoms with Crippen molar-refractivity contribution in [2.45, 2.75) is 69.9 Å². The highest BCUT2D eigenvalue weighted by molar-refractivity contribution is 5.97. The monoisotopic (exact) mass is 477 g/mol. The van der Waals surface area contributed by atoms with E-state index in [-0.39, 0.29) is 30.3 Å². The molecule has 184 valence electrons. The Balaban J connectivity index is 1.34. The molecule has 3 aliphatic rings. The van der Waals surface area contributed by atoms with E-state index >= 15 is 0 Å². The molecule has 0 spiro atoms. The van der Waals surface area contributed by atoms with Crippen LogP contribution >= 0.6 is 0 Å². The fourth-order valence-corrected chi connectivity index (χ4v) is 5.41. The predicted molar refractivity (Wildman–Crippen MR) is 130 cm³/mol. The van der Waals surface area contributed by atoms with E-state index in [1.54, 1.807) is 14.1 Å². The number of carbonyl (C=O) groups excluding carboxylic acids is 1. The Labute approximate surface area is 204 Å². The van der Waals surface area contributed by atoms with E-state index in [1.165, 1.54) is 34.3 Å². The lowest BCUT2D eigenvalue weighted by molar-refractivity contribution is -0.198. The lowest BCUT2D eigenvalue weighted by Gasteiger charge is -2.29. The smallest absolute Gasteiger partial charge is 0.322 e. The van der Waals surface area contributed by atoms with Crippen LogP contribution < -0.4 is 5.32 Å². The van der Waals surface area contributed by atoms with Gasteiger partial charge in [-0.1, -0.05) is 25.1 Å². The lowest BCUT2D eigenvalue weighted by atomic mass is 9.83. The molecule has 0 unspecified atom stereocenters. The predicted octanol–water partition coefficient (Wildman–Crippen LogP) is 3.84. The zero-order chi connectivity index (χ0) is 24.5. The zero-order valence-electron chi connectivity index (χ0n) is 20.7. The summed E-state index contributed by atoms with van der Waals surface area (Å²) in [6.45, 7) is 6.09. The van der Waals surface area contributed by atoms with E-state index in [0.717, 1.165) is 11.8 Å². The van der Waals surface area contributed by atoms with Crippen LogP contribution in [-0.4, -0.2) is 63.7 Å². The summed E-state index contributed by atoms with van der Waals surface area (Å²) in [5.41, 5.74) is 4.81. The van der Waals surface area contributed by atoms with Gasteiger partial charge in [0.2, 0.25) is 0 Å². The minimum absolute atomic E-state index is 0.127. The second kappa shape index (κ2) is 8.01. The maximum absolute atomic E-state index is 12.2. The molecular weight excluding hydrogens is 446 g/mol. The number of hydrogen-bond acceptors (Lipinski definition) is 6. The van der Waals surface area contributed by atoms with Crippen LogP contribution in [0.4, 0.5) is 10.6 Å². The highest BCUT2D eigenvalue weighted by atomic mass is 16.8. The molecule has 2 amide bonds. The number of fused-ring (bicyclic) bond motifs is 3. The fraction of sp³-hybridized carbons (Fsp3) is 0.500. The quantitative estimate of drug-likeness (QED) is 0.614. The van der Waals surface area contributed by atoms with Gasteiger partial charge in [0.05, 0.1) is 11.5 Å². The Hall–Kier alpha value is -3.01. The van der Waals surface area contributed by atoms with Crippen molar-refractivity contribution in [1.82, 2.24) is 19.4 Å². The Morgan fingerprint density at radius 2 is 1.91 bits per heavy atom. The van der Waals surface area contributed by atoms with Crippen molar-refractivity contribution in [3.05, 3.63) is 53.5 Å². The minimum atomic E-state index is -0.710. The molecule has 35 heavy (non-hydrogen) atoms. The van der Waals surface area contributed by atoms with Crippen LogP contribution in [0.3, 0.4) is 0 Å². The van der Waals surface area contributed by atoms with E-state index in [0.29, 0.717) is 11.5 Å². The van der Waals surface area contributed by atoms with Gasteiger partial charge in [0.15, 0.2) is 12.0 Å².